The van der Waals surface area contributed by atoms with E-state index in [4.69, 9.17) is 10.2 Å². The number of alkyl halides is 1. The Balaban J connectivity index is 3.60. The van der Waals surface area contributed by atoms with E-state index >= 15 is 0 Å². The monoisotopic (exact) mass is 197 g/mol. The van der Waals surface area contributed by atoms with E-state index in [9.17, 15) is 4.79 Å². The molecule has 0 aliphatic carbocycles. The minimum Gasteiger partial charge on any atom is -0.349 e. The standard InChI is InChI=1S/C4H8BrNO3/c1-4(8,9)6-3(7)2-5/h8-9H,2H2,1H3,(H,6,7). The molecular weight excluding hydrogens is 190 g/mol. The summed E-state index contributed by atoms with van der Waals surface area (Å²) in [6.07, 6.45) is 0. The summed E-state index contributed by atoms with van der Waals surface area (Å²) >= 11 is 2.83. The average molecular weight is 198 g/mol. The number of hydrogen-bond acceptors (Lipinski definition) is 3. The molecular formula is C4H8BrNO3. The molecule has 0 saturated heterocycles. The zero-order valence-corrected chi connectivity index (χ0v) is 6.47. The summed E-state index contributed by atoms with van der Waals surface area (Å²) in [6, 6.07) is 0. The maximum atomic E-state index is 10.3. The third-order valence-corrected chi connectivity index (χ3v) is 1.01. The van der Waals surface area contributed by atoms with Crippen molar-refractivity contribution in [3.63, 3.8) is 0 Å². The molecule has 0 aromatic rings. The van der Waals surface area contributed by atoms with Crippen molar-refractivity contribution < 1.29 is 15.0 Å². The maximum absolute atomic E-state index is 10.3. The second-order valence-electron chi connectivity index (χ2n) is 1.70. The van der Waals surface area contributed by atoms with E-state index in [2.05, 4.69) is 15.9 Å². The highest BCUT2D eigenvalue weighted by molar-refractivity contribution is 9.09. The Morgan fingerprint density at radius 3 is 2.33 bits per heavy atom. The molecule has 0 aromatic carbocycles. The molecule has 3 N–H and O–H groups in total. The Morgan fingerprint density at radius 1 is 1.78 bits per heavy atom. The molecule has 0 rings (SSSR count). The van der Waals surface area contributed by atoms with Crippen molar-refractivity contribution >= 4 is 21.8 Å². The number of carbonyl (C=O) groups excluding carboxylic acids is 1. The van der Waals surface area contributed by atoms with Crippen molar-refractivity contribution in [1.29, 1.82) is 0 Å². The molecule has 4 nitrogen and oxygen atoms in total. The lowest BCUT2D eigenvalue weighted by molar-refractivity contribution is -0.176. The molecule has 0 unspecified atom stereocenters. The van der Waals surface area contributed by atoms with Gasteiger partial charge in [0, 0.05) is 6.92 Å². The van der Waals surface area contributed by atoms with Crippen LogP contribution in [0.4, 0.5) is 0 Å². The number of nitrogens with one attached hydrogen (secondary N) is 1. The number of carbonyl (C=O) groups is 1. The fraction of sp³-hybridized carbons (Fsp3) is 0.750. The zero-order valence-electron chi connectivity index (χ0n) is 4.89. The van der Waals surface area contributed by atoms with Crippen LogP contribution in [0.15, 0.2) is 0 Å². The summed E-state index contributed by atoms with van der Waals surface area (Å²) in [5.41, 5.74) is 0. The highest BCUT2D eigenvalue weighted by Gasteiger charge is 2.16. The lowest BCUT2D eigenvalue weighted by atomic mass is 10.5. The fourth-order valence-corrected chi connectivity index (χ4v) is 0.438. The molecule has 54 valence electrons. The van der Waals surface area contributed by atoms with E-state index < -0.39 is 11.8 Å². The highest BCUT2D eigenvalue weighted by atomic mass is 79.9. The predicted octanol–water partition coefficient (Wildman–Crippen LogP) is -0.844. The van der Waals surface area contributed by atoms with E-state index in [-0.39, 0.29) is 5.33 Å². The van der Waals surface area contributed by atoms with Gasteiger partial charge in [-0.15, -0.1) is 0 Å². The summed E-state index contributed by atoms with van der Waals surface area (Å²) in [6.45, 7) is 1.06. The van der Waals surface area contributed by atoms with Crippen LogP contribution >= 0.6 is 15.9 Å². The normalized spacial score (nSPS) is 11.1. The van der Waals surface area contributed by atoms with Crippen LogP contribution < -0.4 is 5.32 Å². The van der Waals surface area contributed by atoms with Gasteiger partial charge in [0.25, 0.3) is 0 Å². The Labute approximate surface area is 61.0 Å². The molecule has 0 bridgehead atoms. The van der Waals surface area contributed by atoms with Crippen LogP contribution in [0.3, 0.4) is 0 Å². The molecule has 0 saturated carbocycles. The van der Waals surface area contributed by atoms with Crippen LogP contribution in [-0.2, 0) is 4.79 Å². The van der Waals surface area contributed by atoms with Crippen molar-refractivity contribution in [3.8, 4) is 0 Å². The predicted molar refractivity (Wildman–Crippen MR) is 34.8 cm³/mol. The van der Waals surface area contributed by atoms with Gasteiger partial charge in [-0.3, -0.25) is 4.79 Å². The van der Waals surface area contributed by atoms with Crippen LogP contribution in [0.1, 0.15) is 6.92 Å². The second kappa shape index (κ2) is 3.14. The zero-order chi connectivity index (χ0) is 7.49. The molecule has 1 amide bonds. The lowest BCUT2D eigenvalue weighted by Gasteiger charge is -2.15. The van der Waals surface area contributed by atoms with Gasteiger partial charge in [0.1, 0.15) is 0 Å². The SMILES string of the molecule is CC(O)(O)NC(=O)CBr. The van der Waals surface area contributed by atoms with Crippen LogP contribution in [-0.4, -0.2) is 27.4 Å². The van der Waals surface area contributed by atoms with E-state index in [1.54, 1.807) is 0 Å². The third-order valence-electron chi connectivity index (χ3n) is 0.498. The first-order valence-electron chi connectivity index (χ1n) is 2.27. The molecule has 0 spiro atoms. The van der Waals surface area contributed by atoms with Gasteiger partial charge in [-0.1, -0.05) is 15.9 Å². The molecule has 5 heteroatoms. The number of aliphatic hydroxyl groups is 2. The minimum atomic E-state index is -2.11. The molecule has 0 atom stereocenters. The molecule has 0 aromatic heterocycles. The second-order valence-corrected chi connectivity index (χ2v) is 2.26. The van der Waals surface area contributed by atoms with Crippen molar-refractivity contribution in [3.05, 3.63) is 0 Å². The van der Waals surface area contributed by atoms with Crippen LogP contribution in [0.2, 0.25) is 0 Å². The van der Waals surface area contributed by atoms with E-state index in [0.29, 0.717) is 0 Å². The van der Waals surface area contributed by atoms with Gasteiger partial charge < -0.3 is 15.5 Å². The molecule has 9 heavy (non-hydrogen) atoms. The molecule has 0 fully saturated rings. The van der Waals surface area contributed by atoms with E-state index in [1.165, 1.54) is 0 Å². The molecule has 0 aliphatic heterocycles. The number of halogens is 1. The first-order valence-corrected chi connectivity index (χ1v) is 3.39. The summed E-state index contributed by atoms with van der Waals surface area (Å²) in [7, 11) is 0. The van der Waals surface area contributed by atoms with E-state index in [0.717, 1.165) is 6.92 Å². The summed E-state index contributed by atoms with van der Waals surface area (Å²) in [4.78, 5) is 10.3. The van der Waals surface area contributed by atoms with Crippen LogP contribution in [0.25, 0.3) is 0 Å². The van der Waals surface area contributed by atoms with E-state index in [1.807, 2.05) is 5.32 Å². The highest BCUT2D eigenvalue weighted by Crippen LogP contribution is 1.90. The Bertz CT molecular complexity index is 109. The summed E-state index contributed by atoms with van der Waals surface area (Å²) in [5, 5.41) is 19.0. The number of amides is 1. The van der Waals surface area contributed by atoms with Crippen LogP contribution in [0.5, 0.6) is 0 Å². The van der Waals surface area contributed by atoms with Gasteiger partial charge in [-0.05, 0) is 0 Å². The molecule has 0 radical (unpaired) electrons. The first kappa shape index (κ1) is 8.87. The minimum absolute atomic E-state index is 0.0592. The maximum Gasteiger partial charge on any atom is 0.243 e. The van der Waals surface area contributed by atoms with Gasteiger partial charge in [-0.25, -0.2) is 0 Å². The number of hydrogen-bond donors (Lipinski definition) is 3. The Morgan fingerprint density at radius 2 is 2.22 bits per heavy atom. The molecule has 0 aliphatic rings. The first-order chi connectivity index (χ1) is 3.95. The quantitative estimate of drug-likeness (QED) is 0.400. The van der Waals surface area contributed by atoms with Crippen molar-refractivity contribution in [2.45, 2.75) is 12.8 Å². The van der Waals surface area contributed by atoms with Gasteiger partial charge in [-0.2, -0.15) is 0 Å². The third kappa shape index (κ3) is 5.75. The van der Waals surface area contributed by atoms with Gasteiger partial charge in [0.2, 0.25) is 11.8 Å². The summed E-state index contributed by atoms with van der Waals surface area (Å²) in [5.74, 6) is -2.58. The van der Waals surface area contributed by atoms with Gasteiger partial charge >= 0.3 is 0 Å². The van der Waals surface area contributed by atoms with Crippen LogP contribution in [0, 0.1) is 0 Å². The fourth-order valence-electron chi connectivity index (χ4n) is 0.298. The topological polar surface area (TPSA) is 69.6 Å². The smallest absolute Gasteiger partial charge is 0.243 e. The van der Waals surface area contributed by atoms with Gasteiger partial charge in [0.05, 0.1) is 5.33 Å². The largest absolute Gasteiger partial charge is 0.349 e. The van der Waals surface area contributed by atoms with Crippen molar-refractivity contribution in [1.82, 2.24) is 5.32 Å². The van der Waals surface area contributed by atoms with Crippen molar-refractivity contribution in [2.24, 2.45) is 0 Å². The Kier molecular flexibility index (Phi) is 3.10. The average Bonchev–Trinajstić information content (AvgIpc) is 1.62. The van der Waals surface area contributed by atoms with Gasteiger partial charge in [0.15, 0.2) is 0 Å². The molecule has 0 heterocycles. The lowest BCUT2D eigenvalue weighted by Crippen LogP contribution is -2.46. The Hall–Kier alpha value is -0.130. The number of rotatable bonds is 2. The summed E-state index contributed by atoms with van der Waals surface area (Å²) < 4.78 is 0. The van der Waals surface area contributed by atoms with Crippen molar-refractivity contribution in [2.75, 3.05) is 5.33 Å².